The molecule has 1 saturated carbocycles. The van der Waals surface area contributed by atoms with Crippen LogP contribution in [0.1, 0.15) is 38.4 Å². The monoisotopic (exact) mass is 326 g/mol. The van der Waals surface area contributed by atoms with Crippen molar-refractivity contribution in [2.24, 2.45) is 5.92 Å². The Bertz CT molecular complexity index is 689. The van der Waals surface area contributed by atoms with Gasteiger partial charge in [-0.05, 0) is 31.6 Å². The minimum absolute atomic E-state index is 0.517. The number of hydrogen-bond donors (Lipinski definition) is 1. The van der Waals surface area contributed by atoms with Crippen LogP contribution in [0.3, 0.4) is 0 Å². The Morgan fingerprint density at radius 2 is 1.88 bits per heavy atom. The average Bonchev–Trinajstić information content (AvgIpc) is 3.02. The van der Waals surface area contributed by atoms with Crippen molar-refractivity contribution in [3.05, 3.63) is 36.2 Å². The Morgan fingerprint density at radius 1 is 1.12 bits per heavy atom. The van der Waals surface area contributed by atoms with Gasteiger partial charge in [0.05, 0.1) is 12.1 Å². The quantitative estimate of drug-likeness (QED) is 0.942. The molecule has 2 aliphatic rings. The summed E-state index contributed by atoms with van der Waals surface area (Å²) in [6.07, 6.45) is 4.12. The molecule has 1 aromatic carbocycles. The lowest BCUT2D eigenvalue weighted by molar-refractivity contribution is -0.0402. The number of nitrogens with zero attached hydrogens (tertiary/aromatic N) is 4. The summed E-state index contributed by atoms with van der Waals surface area (Å²) in [5.41, 5.74) is 0.598. The van der Waals surface area contributed by atoms with E-state index < -0.39 is 5.60 Å². The number of aliphatic hydroxyl groups is 1. The van der Waals surface area contributed by atoms with Crippen LogP contribution in [0.15, 0.2) is 30.3 Å². The number of fused-ring (bicyclic) bond motifs is 1. The molecule has 5 heteroatoms. The summed E-state index contributed by atoms with van der Waals surface area (Å²) in [7, 11) is 0. The molecule has 0 radical (unpaired) electrons. The molecule has 2 aromatic rings. The minimum atomic E-state index is -0.517. The highest BCUT2D eigenvalue weighted by molar-refractivity contribution is 5.55. The average molecular weight is 326 g/mol. The fourth-order valence-corrected chi connectivity index (χ4v) is 4.02. The van der Waals surface area contributed by atoms with Crippen molar-refractivity contribution in [2.75, 3.05) is 13.1 Å². The Morgan fingerprint density at radius 3 is 2.62 bits per heavy atom. The highest BCUT2D eigenvalue weighted by Gasteiger charge is 2.35. The van der Waals surface area contributed by atoms with Gasteiger partial charge in [-0.1, -0.05) is 37.3 Å². The summed E-state index contributed by atoms with van der Waals surface area (Å²) in [6, 6.07) is 10.2. The van der Waals surface area contributed by atoms with Crippen molar-refractivity contribution < 1.29 is 5.11 Å². The molecule has 24 heavy (non-hydrogen) atoms. The standard InChI is InChI=1S/C19H26N4O/c1-15-7-9-19(24,10-8-15)14-22-11-12-23-17(13-22)20-21-18(23)16-5-3-2-4-6-16/h2-6,15,24H,7-14H2,1H3. The summed E-state index contributed by atoms with van der Waals surface area (Å²) >= 11 is 0. The van der Waals surface area contributed by atoms with E-state index in [0.717, 1.165) is 75.0 Å². The lowest BCUT2D eigenvalue weighted by Crippen LogP contribution is -2.47. The second kappa shape index (κ2) is 6.30. The molecule has 0 amide bonds. The second-order valence-electron chi connectivity index (χ2n) is 7.58. The van der Waals surface area contributed by atoms with Gasteiger partial charge in [-0.25, -0.2) is 0 Å². The molecule has 0 spiro atoms. The molecule has 0 bridgehead atoms. The van der Waals surface area contributed by atoms with Gasteiger partial charge < -0.3 is 9.67 Å². The van der Waals surface area contributed by atoms with Gasteiger partial charge >= 0.3 is 0 Å². The van der Waals surface area contributed by atoms with Gasteiger partial charge in [-0.2, -0.15) is 0 Å². The first-order chi connectivity index (χ1) is 11.6. The molecule has 4 rings (SSSR count). The summed E-state index contributed by atoms with van der Waals surface area (Å²) in [6.45, 7) is 5.65. The zero-order chi connectivity index (χ0) is 16.6. The molecule has 0 saturated heterocycles. The lowest BCUT2D eigenvalue weighted by Gasteiger charge is -2.40. The molecule has 5 nitrogen and oxygen atoms in total. The first-order valence-corrected chi connectivity index (χ1v) is 9.05. The van der Waals surface area contributed by atoms with E-state index in [1.54, 1.807) is 0 Å². The Hall–Kier alpha value is -1.72. The van der Waals surface area contributed by atoms with E-state index in [2.05, 4.69) is 38.7 Å². The van der Waals surface area contributed by atoms with E-state index in [4.69, 9.17) is 0 Å². The summed E-state index contributed by atoms with van der Waals surface area (Å²) in [4.78, 5) is 2.34. The van der Waals surface area contributed by atoms with Crippen LogP contribution >= 0.6 is 0 Å². The first-order valence-electron chi connectivity index (χ1n) is 9.05. The van der Waals surface area contributed by atoms with E-state index in [1.165, 1.54) is 0 Å². The van der Waals surface area contributed by atoms with Gasteiger partial charge in [0.15, 0.2) is 5.82 Å². The molecule has 2 heterocycles. The number of aromatic nitrogens is 3. The van der Waals surface area contributed by atoms with Gasteiger partial charge in [0.2, 0.25) is 0 Å². The largest absolute Gasteiger partial charge is 0.389 e. The molecule has 1 aliphatic carbocycles. The second-order valence-corrected chi connectivity index (χ2v) is 7.58. The number of hydrogen-bond acceptors (Lipinski definition) is 4. The fourth-order valence-electron chi connectivity index (χ4n) is 4.02. The Balaban J connectivity index is 1.46. The van der Waals surface area contributed by atoms with E-state index in [0.29, 0.717) is 0 Å². The molecule has 1 aliphatic heterocycles. The molecular weight excluding hydrogens is 300 g/mol. The third kappa shape index (κ3) is 3.10. The van der Waals surface area contributed by atoms with Crippen LogP contribution < -0.4 is 0 Å². The minimum Gasteiger partial charge on any atom is -0.389 e. The van der Waals surface area contributed by atoms with E-state index >= 15 is 0 Å². The van der Waals surface area contributed by atoms with Crippen LogP contribution in [-0.2, 0) is 13.1 Å². The van der Waals surface area contributed by atoms with Gasteiger partial charge in [0.1, 0.15) is 5.82 Å². The lowest BCUT2D eigenvalue weighted by atomic mass is 9.79. The molecule has 0 atom stereocenters. The van der Waals surface area contributed by atoms with E-state index in [-0.39, 0.29) is 0 Å². The maximum atomic E-state index is 10.9. The third-order valence-corrected chi connectivity index (χ3v) is 5.59. The van der Waals surface area contributed by atoms with Crippen LogP contribution in [-0.4, -0.2) is 43.5 Å². The molecule has 1 aromatic heterocycles. The smallest absolute Gasteiger partial charge is 0.164 e. The molecular formula is C19H26N4O. The SMILES string of the molecule is CC1CCC(O)(CN2CCn3c(nnc3-c3ccccc3)C2)CC1. The van der Waals surface area contributed by atoms with Gasteiger partial charge in [0, 0.05) is 25.2 Å². The third-order valence-electron chi connectivity index (χ3n) is 5.59. The van der Waals surface area contributed by atoms with Crippen molar-refractivity contribution in [3.8, 4) is 11.4 Å². The van der Waals surface area contributed by atoms with Crippen molar-refractivity contribution >= 4 is 0 Å². The van der Waals surface area contributed by atoms with Crippen molar-refractivity contribution in [2.45, 2.75) is 51.3 Å². The number of rotatable bonds is 3. The van der Waals surface area contributed by atoms with E-state index in [1.807, 2.05) is 18.2 Å². The highest BCUT2D eigenvalue weighted by Crippen LogP contribution is 2.33. The fraction of sp³-hybridized carbons (Fsp3) is 0.579. The van der Waals surface area contributed by atoms with E-state index in [9.17, 15) is 5.11 Å². The van der Waals surface area contributed by atoms with Crippen LogP contribution in [0.4, 0.5) is 0 Å². The van der Waals surface area contributed by atoms with Gasteiger partial charge in [-0.15, -0.1) is 10.2 Å². The number of β-amino-alcohol motifs (C(OH)–C–C–N with tert-alkyl or cyclic N) is 1. The predicted molar refractivity (Wildman–Crippen MR) is 93.3 cm³/mol. The molecule has 0 unspecified atom stereocenters. The summed E-state index contributed by atoms with van der Waals surface area (Å²) < 4.78 is 2.22. The first kappa shape index (κ1) is 15.8. The Labute approximate surface area is 143 Å². The maximum absolute atomic E-state index is 10.9. The van der Waals surface area contributed by atoms with Crippen molar-refractivity contribution in [1.82, 2.24) is 19.7 Å². The maximum Gasteiger partial charge on any atom is 0.164 e. The summed E-state index contributed by atoms with van der Waals surface area (Å²) in [5.74, 6) is 2.71. The normalized spacial score (nSPS) is 27.8. The molecule has 1 fully saturated rings. The van der Waals surface area contributed by atoms with Crippen LogP contribution in [0.25, 0.3) is 11.4 Å². The molecule has 128 valence electrons. The zero-order valence-corrected chi connectivity index (χ0v) is 14.4. The van der Waals surface area contributed by atoms with Crippen LogP contribution in [0, 0.1) is 5.92 Å². The zero-order valence-electron chi connectivity index (χ0n) is 14.4. The van der Waals surface area contributed by atoms with Crippen molar-refractivity contribution in [3.63, 3.8) is 0 Å². The van der Waals surface area contributed by atoms with Gasteiger partial charge in [-0.3, -0.25) is 4.90 Å². The predicted octanol–water partition coefficient (Wildman–Crippen LogP) is 2.70. The van der Waals surface area contributed by atoms with Crippen LogP contribution in [0.5, 0.6) is 0 Å². The number of benzene rings is 1. The van der Waals surface area contributed by atoms with Crippen molar-refractivity contribution in [1.29, 1.82) is 0 Å². The summed E-state index contributed by atoms with van der Waals surface area (Å²) in [5, 5.41) is 19.7. The van der Waals surface area contributed by atoms with Gasteiger partial charge in [0.25, 0.3) is 0 Å². The topological polar surface area (TPSA) is 54.2 Å². The Kier molecular flexibility index (Phi) is 4.14. The molecule has 1 N–H and O–H groups in total. The highest BCUT2D eigenvalue weighted by atomic mass is 16.3. The van der Waals surface area contributed by atoms with Crippen LogP contribution in [0.2, 0.25) is 0 Å².